The Hall–Kier alpha value is -3.54. The second kappa shape index (κ2) is 9.31. The number of aromatic nitrogens is 1. The zero-order valence-corrected chi connectivity index (χ0v) is 17.1. The van der Waals surface area contributed by atoms with Crippen molar-refractivity contribution in [2.24, 2.45) is 5.10 Å². The highest BCUT2D eigenvalue weighted by Crippen LogP contribution is 2.27. The fourth-order valence-corrected chi connectivity index (χ4v) is 3.76. The Morgan fingerprint density at radius 3 is 2.57 bits per heavy atom. The lowest BCUT2D eigenvalue weighted by Gasteiger charge is -2.29. The number of para-hydroxylation sites is 1. The van der Waals surface area contributed by atoms with Gasteiger partial charge in [-0.15, -0.1) is 0 Å². The smallest absolute Gasteiger partial charge is 0.273 e. The van der Waals surface area contributed by atoms with Gasteiger partial charge in [-0.3, -0.25) is 4.79 Å². The van der Waals surface area contributed by atoms with Gasteiger partial charge < -0.3 is 14.2 Å². The van der Waals surface area contributed by atoms with Gasteiger partial charge in [-0.05, 0) is 55.7 Å². The Balaban J connectivity index is 1.48. The maximum absolute atomic E-state index is 12.7. The molecule has 1 saturated heterocycles. The standard InChI is InChI=1S/C24H26N4O2/c1-30-23-17-20(27-13-5-2-6-14-27)12-11-19(23)18-25-26-24(29)21-9-3-4-10-22(21)28-15-7-8-16-28/h3-4,7-12,15-18H,2,5-6,13-14H2,1H3,(H,26,29)/b25-18-. The maximum Gasteiger partial charge on any atom is 0.273 e. The van der Waals surface area contributed by atoms with E-state index in [1.165, 1.54) is 19.3 Å². The number of rotatable bonds is 6. The third-order valence-corrected chi connectivity index (χ3v) is 5.34. The van der Waals surface area contributed by atoms with Crippen LogP contribution >= 0.6 is 0 Å². The van der Waals surface area contributed by atoms with E-state index in [-0.39, 0.29) is 5.91 Å². The van der Waals surface area contributed by atoms with Gasteiger partial charge in [0.25, 0.3) is 5.91 Å². The van der Waals surface area contributed by atoms with Gasteiger partial charge in [-0.1, -0.05) is 12.1 Å². The lowest BCUT2D eigenvalue weighted by molar-refractivity contribution is 0.0955. The summed E-state index contributed by atoms with van der Waals surface area (Å²) in [5.41, 5.74) is 5.97. The number of ether oxygens (including phenoxy) is 1. The maximum atomic E-state index is 12.7. The highest BCUT2D eigenvalue weighted by atomic mass is 16.5. The van der Waals surface area contributed by atoms with Crippen molar-refractivity contribution < 1.29 is 9.53 Å². The van der Waals surface area contributed by atoms with Crippen molar-refractivity contribution in [2.45, 2.75) is 19.3 Å². The van der Waals surface area contributed by atoms with Crippen LogP contribution in [0.5, 0.6) is 5.75 Å². The van der Waals surface area contributed by atoms with Crippen LogP contribution in [0.3, 0.4) is 0 Å². The Morgan fingerprint density at radius 2 is 1.80 bits per heavy atom. The van der Waals surface area contributed by atoms with Gasteiger partial charge in [-0.2, -0.15) is 5.10 Å². The molecule has 30 heavy (non-hydrogen) atoms. The number of hydrazone groups is 1. The first-order chi connectivity index (χ1) is 14.8. The zero-order valence-electron chi connectivity index (χ0n) is 17.1. The van der Waals surface area contributed by atoms with Crippen LogP contribution in [-0.4, -0.2) is 36.9 Å². The van der Waals surface area contributed by atoms with E-state index in [0.717, 1.165) is 35.8 Å². The molecule has 1 aliphatic rings. The second-order valence-electron chi connectivity index (χ2n) is 7.28. The summed E-state index contributed by atoms with van der Waals surface area (Å²) >= 11 is 0. The van der Waals surface area contributed by atoms with Crippen LogP contribution in [0.15, 0.2) is 72.1 Å². The molecular weight excluding hydrogens is 376 g/mol. The minimum Gasteiger partial charge on any atom is -0.496 e. The number of hydrogen-bond acceptors (Lipinski definition) is 4. The largest absolute Gasteiger partial charge is 0.496 e. The summed E-state index contributed by atoms with van der Waals surface area (Å²) in [6, 6.07) is 17.4. The van der Waals surface area contributed by atoms with E-state index in [2.05, 4.69) is 21.5 Å². The molecule has 0 radical (unpaired) electrons. The molecule has 2 aromatic carbocycles. The van der Waals surface area contributed by atoms with Crippen molar-refractivity contribution in [3.63, 3.8) is 0 Å². The second-order valence-corrected chi connectivity index (χ2v) is 7.28. The van der Waals surface area contributed by atoms with Gasteiger partial charge in [-0.25, -0.2) is 5.43 Å². The van der Waals surface area contributed by atoms with E-state index in [4.69, 9.17) is 4.74 Å². The summed E-state index contributed by atoms with van der Waals surface area (Å²) in [6.07, 6.45) is 9.18. The molecular formula is C24H26N4O2. The number of anilines is 1. The molecule has 1 aromatic heterocycles. The summed E-state index contributed by atoms with van der Waals surface area (Å²) in [4.78, 5) is 15.1. The lowest BCUT2D eigenvalue weighted by Crippen LogP contribution is -2.29. The number of amides is 1. The Bertz CT molecular complexity index is 1020. The molecule has 1 fully saturated rings. The molecule has 6 heteroatoms. The van der Waals surface area contributed by atoms with Crippen molar-refractivity contribution >= 4 is 17.8 Å². The van der Waals surface area contributed by atoms with Crippen molar-refractivity contribution in [1.82, 2.24) is 9.99 Å². The molecule has 0 bridgehead atoms. The van der Waals surface area contributed by atoms with Gasteiger partial charge >= 0.3 is 0 Å². The number of nitrogens with zero attached hydrogens (tertiary/aromatic N) is 3. The fourth-order valence-electron chi connectivity index (χ4n) is 3.76. The van der Waals surface area contributed by atoms with Gasteiger partial charge in [0, 0.05) is 42.8 Å². The van der Waals surface area contributed by atoms with Crippen LogP contribution < -0.4 is 15.1 Å². The number of hydrogen-bond donors (Lipinski definition) is 1. The van der Waals surface area contributed by atoms with Crippen LogP contribution in [0.4, 0.5) is 5.69 Å². The Labute approximate surface area is 176 Å². The molecule has 0 spiro atoms. The van der Waals surface area contributed by atoms with Crippen molar-refractivity contribution in [3.8, 4) is 11.4 Å². The number of carbonyl (C=O) groups is 1. The SMILES string of the molecule is COc1cc(N2CCCCC2)ccc1/C=N\NC(=O)c1ccccc1-n1cccc1. The quantitative estimate of drug-likeness (QED) is 0.496. The topological polar surface area (TPSA) is 58.9 Å². The zero-order chi connectivity index (χ0) is 20.8. The van der Waals surface area contributed by atoms with E-state index >= 15 is 0 Å². The highest BCUT2D eigenvalue weighted by molar-refractivity contribution is 5.98. The summed E-state index contributed by atoms with van der Waals surface area (Å²) in [5.74, 6) is 0.475. The average Bonchev–Trinajstić information content (AvgIpc) is 3.34. The number of nitrogens with one attached hydrogen (secondary N) is 1. The van der Waals surface area contributed by atoms with Gasteiger partial charge in [0.15, 0.2) is 0 Å². The molecule has 6 nitrogen and oxygen atoms in total. The summed E-state index contributed by atoms with van der Waals surface area (Å²) < 4.78 is 7.46. The highest BCUT2D eigenvalue weighted by Gasteiger charge is 2.14. The molecule has 154 valence electrons. The first kappa shape index (κ1) is 19.8. The van der Waals surface area contributed by atoms with Crippen molar-refractivity contribution in [3.05, 3.63) is 78.1 Å². The fraction of sp³-hybridized carbons (Fsp3) is 0.250. The Kier molecular flexibility index (Phi) is 6.13. The van der Waals surface area contributed by atoms with E-state index < -0.39 is 0 Å². The predicted molar refractivity (Wildman–Crippen MR) is 120 cm³/mol. The third-order valence-electron chi connectivity index (χ3n) is 5.34. The van der Waals surface area contributed by atoms with E-state index in [9.17, 15) is 4.79 Å². The molecule has 0 aliphatic carbocycles. The molecule has 3 aromatic rings. The van der Waals surface area contributed by atoms with Crippen LogP contribution in [0.1, 0.15) is 35.2 Å². The molecule has 1 aliphatic heterocycles. The molecule has 2 heterocycles. The number of piperidine rings is 1. The lowest BCUT2D eigenvalue weighted by atomic mass is 10.1. The summed E-state index contributed by atoms with van der Waals surface area (Å²) in [5, 5.41) is 4.16. The predicted octanol–water partition coefficient (Wildman–Crippen LogP) is 4.24. The van der Waals surface area contributed by atoms with Gasteiger partial charge in [0.05, 0.1) is 24.6 Å². The molecule has 4 rings (SSSR count). The van der Waals surface area contributed by atoms with Crippen LogP contribution in [0, 0.1) is 0 Å². The number of carbonyl (C=O) groups excluding carboxylic acids is 1. The summed E-state index contributed by atoms with van der Waals surface area (Å²) in [7, 11) is 1.65. The minimum atomic E-state index is -0.264. The van der Waals surface area contributed by atoms with Gasteiger partial charge in [0.2, 0.25) is 0 Å². The number of benzene rings is 2. The molecule has 1 amide bonds. The van der Waals surface area contributed by atoms with E-state index in [0.29, 0.717) is 5.56 Å². The van der Waals surface area contributed by atoms with Crippen molar-refractivity contribution in [2.75, 3.05) is 25.1 Å². The van der Waals surface area contributed by atoms with Crippen molar-refractivity contribution in [1.29, 1.82) is 0 Å². The first-order valence-corrected chi connectivity index (χ1v) is 10.2. The first-order valence-electron chi connectivity index (χ1n) is 10.2. The van der Waals surface area contributed by atoms with Crippen LogP contribution in [-0.2, 0) is 0 Å². The molecule has 0 unspecified atom stereocenters. The summed E-state index contributed by atoms with van der Waals surface area (Å²) in [6.45, 7) is 2.15. The monoisotopic (exact) mass is 402 g/mol. The molecule has 1 N–H and O–H groups in total. The normalized spacial score (nSPS) is 14.1. The average molecular weight is 402 g/mol. The molecule has 0 saturated carbocycles. The van der Waals surface area contributed by atoms with E-state index in [1.807, 2.05) is 59.4 Å². The Morgan fingerprint density at radius 1 is 1.03 bits per heavy atom. The number of methoxy groups -OCH3 is 1. The molecule has 0 atom stereocenters. The third kappa shape index (κ3) is 4.38. The van der Waals surface area contributed by atoms with Gasteiger partial charge in [0.1, 0.15) is 5.75 Å². The van der Waals surface area contributed by atoms with E-state index in [1.54, 1.807) is 19.4 Å². The minimum absolute atomic E-state index is 0.264. The van der Waals surface area contributed by atoms with Crippen LogP contribution in [0.2, 0.25) is 0 Å². The van der Waals surface area contributed by atoms with Crippen LogP contribution in [0.25, 0.3) is 5.69 Å².